The van der Waals surface area contributed by atoms with Crippen LogP contribution in [0.2, 0.25) is 0 Å². The molecule has 2 rings (SSSR count). The summed E-state index contributed by atoms with van der Waals surface area (Å²) in [5.41, 5.74) is 6.73. The molecule has 1 aromatic heterocycles. The number of nitrogens with two attached hydrogens (primary N) is 1. The van der Waals surface area contributed by atoms with E-state index in [0.29, 0.717) is 24.3 Å². The molecule has 0 aliphatic carbocycles. The molecule has 7 nitrogen and oxygen atoms in total. The summed E-state index contributed by atoms with van der Waals surface area (Å²) in [5, 5.41) is 18.9. The zero-order valence-electron chi connectivity index (χ0n) is 10.1. The van der Waals surface area contributed by atoms with E-state index in [2.05, 4.69) is 15.6 Å². The van der Waals surface area contributed by atoms with Crippen molar-refractivity contribution >= 4 is 11.6 Å². The van der Waals surface area contributed by atoms with Crippen LogP contribution >= 0.6 is 0 Å². The molecule has 0 unspecified atom stereocenters. The number of anilines is 1. The van der Waals surface area contributed by atoms with E-state index in [0.717, 1.165) is 0 Å². The van der Waals surface area contributed by atoms with Gasteiger partial charge in [-0.15, -0.1) is 5.10 Å². The molecule has 1 heterocycles. The van der Waals surface area contributed by atoms with Gasteiger partial charge in [-0.25, -0.2) is 0 Å². The molecule has 1 amide bonds. The van der Waals surface area contributed by atoms with Crippen molar-refractivity contribution < 1.29 is 4.79 Å². The van der Waals surface area contributed by atoms with Gasteiger partial charge in [0.05, 0.1) is 24.4 Å². The summed E-state index contributed by atoms with van der Waals surface area (Å²) in [6, 6.07) is 8.57. The van der Waals surface area contributed by atoms with Crippen molar-refractivity contribution in [1.82, 2.24) is 15.0 Å². The number of hydrogen-bond donors (Lipinski definition) is 2. The fourth-order valence-electron chi connectivity index (χ4n) is 1.47. The highest BCUT2D eigenvalue weighted by molar-refractivity contribution is 6.02. The van der Waals surface area contributed by atoms with Crippen LogP contribution in [0.15, 0.2) is 30.5 Å². The predicted molar refractivity (Wildman–Crippen MR) is 68.2 cm³/mol. The van der Waals surface area contributed by atoms with Gasteiger partial charge in [0.1, 0.15) is 0 Å². The average molecular weight is 256 g/mol. The Balaban J connectivity index is 2.05. The molecule has 1 aromatic carbocycles. The molecule has 96 valence electrons. The number of nitriles is 1. The third-order valence-corrected chi connectivity index (χ3v) is 2.40. The van der Waals surface area contributed by atoms with E-state index in [1.165, 1.54) is 10.9 Å². The van der Waals surface area contributed by atoms with E-state index >= 15 is 0 Å². The van der Waals surface area contributed by atoms with Gasteiger partial charge in [-0.1, -0.05) is 5.21 Å². The summed E-state index contributed by atoms with van der Waals surface area (Å²) < 4.78 is 1.51. The smallest absolute Gasteiger partial charge is 0.277 e. The highest BCUT2D eigenvalue weighted by atomic mass is 16.2. The van der Waals surface area contributed by atoms with Gasteiger partial charge in [0, 0.05) is 12.2 Å². The number of nitrogens with one attached hydrogen (secondary N) is 1. The lowest BCUT2D eigenvalue weighted by molar-refractivity contribution is 0.102. The van der Waals surface area contributed by atoms with Crippen molar-refractivity contribution in [2.24, 2.45) is 5.73 Å². The largest absolute Gasteiger partial charge is 0.329 e. The molecule has 7 heteroatoms. The van der Waals surface area contributed by atoms with Crippen LogP contribution in [0.5, 0.6) is 0 Å². The first-order valence-electron chi connectivity index (χ1n) is 5.64. The third kappa shape index (κ3) is 3.14. The number of aromatic nitrogens is 3. The lowest BCUT2D eigenvalue weighted by atomic mass is 10.2. The van der Waals surface area contributed by atoms with Crippen molar-refractivity contribution in [3.63, 3.8) is 0 Å². The summed E-state index contributed by atoms with van der Waals surface area (Å²) in [7, 11) is 0. The molecule has 0 atom stereocenters. The quantitative estimate of drug-likeness (QED) is 0.820. The maximum absolute atomic E-state index is 11.9. The Labute approximate surface area is 109 Å². The van der Waals surface area contributed by atoms with Gasteiger partial charge in [-0.2, -0.15) is 5.26 Å². The molecule has 0 bridgehead atoms. The van der Waals surface area contributed by atoms with Crippen molar-refractivity contribution in [3.05, 3.63) is 41.7 Å². The van der Waals surface area contributed by atoms with E-state index in [9.17, 15) is 4.79 Å². The molecule has 19 heavy (non-hydrogen) atoms. The van der Waals surface area contributed by atoms with Gasteiger partial charge in [0.2, 0.25) is 0 Å². The minimum Gasteiger partial charge on any atom is -0.329 e. The number of hydrogen-bond acceptors (Lipinski definition) is 5. The Morgan fingerprint density at radius 2 is 2.16 bits per heavy atom. The van der Waals surface area contributed by atoms with Crippen molar-refractivity contribution in [2.75, 3.05) is 11.9 Å². The maximum atomic E-state index is 11.9. The van der Waals surface area contributed by atoms with Crippen LogP contribution in [0.25, 0.3) is 0 Å². The monoisotopic (exact) mass is 256 g/mol. The van der Waals surface area contributed by atoms with Gasteiger partial charge >= 0.3 is 0 Å². The minimum atomic E-state index is -0.354. The van der Waals surface area contributed by atoms with E-state index in [-0.39, 0.29) is 11.6 Å². The molecule has 0 fully saturated rings. The normalized spacial score (nSPS) is 9.89. The summed E-state index contributed by atoms with van der Waals surface area (Å²) in [4.78, 5) is 11.9. The van der Waals surface area contributed by atoms with Gasteiger partial charge in [0.25, 0.3) is 5.91 Å². The van der Waals surface area contributed by atoms with Crippen LogP contribution in [0.3, 0.4) is 0 Å². The molecular weight excluding hydrogens is 244 g/mol. The number of carbonyl (C=O) groups is 1. The Morgan fingerprint density at radius 1 is 1.42 bits per heavy atom. The summed E-state index contributed by atoms with van der Waals surface area (Å²) in [6.07, 6.45) is 1.53. The second kappa shape index (κ2) is 5.75. The average Bonchev–Trinajstić information content (AvgIpc) is 2.89. The molecular formula is C12H12N6O. The molecule has 2 aromatic rings. The van der Waals surface area contributed by atoms with Gasteiger partial charge in [-0.05, 0) is 24.3 Å². The highest BCUT2D eigenvalue weighted by Crippen LogP contribution is 2.09. The van der Waals surface area contributed by atoms with Crippen LogP contribution < -0.4 is 11.1 Å². The lowest BCUT2D eigenvalue weighted by Gasteiger charge is -2.02. The third-order valence-electron chi connectivity index (χ3n) is 2.40. The van der Waals surface area contributed by atoms with E-state index < -0.39 is 0 Å². The molecule has 0 radical (unpaired) electrons. The lowest BCUT2D eigenvalue weighted by Crippen LogP contribution is -2.12. The van der Waals surface area contributed by atoms with Crippen LogP contribution in [-0.4, -0.2) is 27.4 Å². The Hall–Kier alpha value is -2.72. The van der Waals surface area contributed by atoms with E-state index in [4.69, 9.17) is 11.0 Å². The molecule has 0 spiro atoms. The van der Waals surface area contributed by atoms with Gasteiger partial charge in [-0.3, -0.25) is 9.48 Å². The zero-order valence-corrected chi connectivity index (χ0v) is 10.1. The molecule has 0 saturated carbocycles. The summed E-state index contributed by atoms with van der Waals surface area (Å²) in [6.45, 7) is 0.942. The number of rotatable bonds is 4. The number of nitrogens with zero attached hydrogens (tertiary/aromatic N) is 4. The molecule has 0 aliphatic heterocycles. The van der Waals surface area contributed by atoms with E-state index in [1.807, 2.05) is 6.07 Å². The standard InChI is InChI=1S/C12H12N6O/c13-5-6-18-8-11(16-17-18)12(19)15-10-3-1-9(7-14)2-4-10/h1-4,8H,5-6,13H2,(H,15,19). The first-order valence-corrected chi connectivity index (χ1v) is 5.64. The zero-order chi connectivity index (χ0) is 13.7. The Bertz CT molecular complexity index is 610. The van der Waals surface area contributed by atoms with Crippen LogP contribution in [0, 0.1) is 11.3 Å². The molecule has 0 aliphatic rings. The van der Waals surface area contributed by atoms with Crippen molar-refractivity contribution in [1.29, 1.82) is 5.26 Å². The van der Waals surface area contributed by atoms with Crippen LogP contribution in [-0.2, 0) is 6.54 Å². The fourth-order valence-corrected chi connectivity index (χ4v) is 1.47. The van der Waals surface area contributed by atoms with Gasteiger partial charge < -0.3 is 11.1 Å². The SMILES string of the molecule is N#Cc1ccc(NC(=O)c2cn(CCN)nn2)cc1. The highest BCUT2D eigenvalue weighted by Gasteiger charge is 2.10. The van der Waals surface area contributed by atoms with Crippen LogP contribution in [0.1, 0.15) is 16.1 Å². The van der Waals surface area contributed by atoms with Crippen molar-refractivity contribution in [3.8, 4) is 6.07 Å². The van der Waals surface area contributed by atoms with Crippen LogP contribution in [0.4, 0.5) is 5.69 Å². The molecule has 0 saturated heterocycles. The maximum Gasteiger partial charge on any atom is 0.277 e. The summed E-state index contributed by atoms with van der Waals surface area (Å²) >= 11 is 0. The Morgan fingerprint density at radius 3 is 2.79 bits per heavy atom. The van der Waals surface area contributed by atoms with Gasteiger partial charge in [0.15, 0.2) is 5.69 Å². The second-order valence-electron chi connectivity index (χ2n) is 3.80. The Kier molecular flexibility index (Phi) is 3.85. The first kappa shape index (κ1) is 12.7. The first-order chi connectivity index (χ1) is 9.22. The van der Waals surface area contributed by atoms with Crippen molar-refractivity contribution in [2.45, 2.75) is 6.54 Å². The minimum absolute atomic E-state index is 0.220. The van der Waals surface area contributed by atoms with E-state index in [1.54, 1.807) is 24.3 Å². The molecule has 3 N–H and O–H groups in total. The number of amides is 1. The predicted octanol–water partition coefficient (Wildman–Crippen LogP) is 0.361. The number of benzene rings is 1. The second-order valence-corrected chi connectivity index (χ2v) is 3.80. The topological polar surface area (TPSA) is 110 Å². The fraction of sp³-hybridized carbons (Fsp3) is 0.167. The number of carbonyl (C=O) groups excluding carboxylic acids is 1. The summed E-state index contributed by atoms with van der Waals surface area (Å²) in [5.74, 6) is -0.354.